The summed E-state index contributed by atoms with van der Waals surface area (Å²) in [4.78, 5) is 26.5. The van der Waals surface area contributed by atoms with E-state index in [1.54, 1.807) is 4.90 Å². The average Bonchev–Trinajstić information content (AvgIpc) is 2.85. The van der Waals surface area contributed by atoms with E-state index in [1.807, 2.05) is 44.2 Å². The molecule has 0 bridgehead atoms. The fraction of sp³-hybridized carbons (Fsp3) is 0.556. The van der Waals surface area contributed by atoms with E-state index < -0.39 is 5.54 Å². The minimum atomic E-state index is -0.765. The van der Waals surface area contributed by atoms with E-state index in [1.165, 1.54) is 0 Å². The van der Waals surface area contributed by atoms with E-state index in [9.17, 15) is 9.59 Å². The lowest BCUT2D eigenvalue weighted by atomic mass is 9.97. The SMILES string of the molecule is CCOCCCNC(=O)C1(C)CCC(=O)N1Cc1ccccc1. The Labute approximate surface area is 138 Å². The molecule has 5 nitrogen and oxygen atoms in total. The van der Waals surface area contributed by atoms with Crippen LogP contribution in [0.5, 0.6) is 0 Å². The molecule has 1 aromatic carbocycles. The van der Waals surface area contributed by atoms with Crippen LogP contribution in [0.1, 0.15) is 38.7 Å². The molecule has 1 saturated heterocycles. The average molecular weight is 318 g/mol. The first-order valence-electron chi connectivity index (χ1n) is 8.28. The predicted octanol–water partition coefficient (Wildman–Crippen LogP) is 2.11. The van der Waals surface area contributed by atoms with Crippen LogP contribution in [-0.2, 0) is 20.9 Å². The van der Waals surface area contributed by atoms with Gasteiger partial charge in [0, 0.05) is 32.7 Å². The molecule has 1 aromatic rings. The number of hydrogen-bond donors (Lipinski definition) is 1. The largest absolute Gasteiger partial charge is 0.382 e. The van der Waals surface area contributed by atoms with Crippen LogP contribution in [0.25, 0.3) is 0 Å². The molecule has 0 saturated carbocycles. The molecule has 1 aliphatic heterocycles. The summed E-state index contributed by atoms with van der Waals surface area (Å²) in [7, 11) is 0. The Hall–Kier alpha value is -1.88. The van der Waals surface area contributed by atoms with Gasteiger partial charge < -0.3 is 15.0 Å². The molecular weight excluding hydrogens is 292 g/mol. The third kappa shape index (κ3) is 4.32. The van der Waals surface area contributed by atoms with Crippen LogP contribution in [0, 0.1) is 0 Å². The summed E-state index contributed by atoms with van der Waals surface area (Å²) in [5.74, 6) is -0.0309. The van der Waals surface area contributed by atoms with Gasteiger partial charge >= 0.3 is 0 Å². The van der Waals surface area contributed by atoms with Crippen LogP contribution in [0.4, 0.5) is 0 Å². The van der Waals surface area contributed by atoms with Crippen LogP contribution in [-0.4, -0.2) is 42.0 Å². The number of amides is 2. The molecule has 0 aliphatic carbocycles. The highest BCUT2D eigenvalue weighted by Gasteiger charge is 2.46. The highest BCUT2D eigenvalue weighted by Crippen LogP contribution is 2.31. The first kappa shape index (κ1) is 17.5. The highest BCUT2D eigenvalue weighted by molar-refractivity contribution is 5.94. The summed E-state index contributed by atoms with van der Waals surface area (Å²) in [6.45, 7) is 6.18. The standard InChI is InChI=1S/C18H26N2O3/c1-3-23-13-7-12-19-17(22)18(2)11-10-16(21)20(18)14-15-8-5-4-6-9-15/h4-6,8-9H,3,7,10-14H2,1-2H3,(H,19,22). The third-order valence-electron chi connectivity index (χ3n) is 4.35. The topological polar surface area (TPSA) is 58.6 Å². The fourth-order valence-corrected chi connectivity index (χ4v) is 2.87. The molecule has 1 atom stereocenters. The van der Waals surface area contributed by atoms with Crippen molar-refractivity contribution in [3.05, 3.63) is 35.9 Å². The molecule has 1 fully saturated rings. The maximum absolute atomic E-state index is 12.6. The number of nitrogens with one attached hydrogen (secondary N) is 1. The summed E-state index contributed by atoms with van der Waals surface area (Å²) in [5.41, 5.74) is 0.275. The lowest BCUT2D eigenvalue weighted by Crippen LogP contribution is -2.54. The van der Waals surface area contributed by atoms with E-state index in [-0.39, 0.29) is 11.8 Å². The van der Waals surface area contributed by atoms with E-state index in [2.05, 4.69) is 5.32 Å². The van der Waals surface area contributed by atoms with Crippen molar-refractivity contribution in [3.63, 3.8) is 0 Å². The first-order valence-corrected chi connectivity index (χ1v) is 8.28. The Morgan fingerprint density at radius 2 is 2.09 bits per heavy atom. The van der Waals surface area contributed by atoms with Crippen LogP contribution in [0.3, 0.4) is 0 Å². The Morgan fingerprint density at radius 1 is 1.35 bits per heavy atom. The van der Waals surface area contributed by atoms with Gasteiger partial charge in [-0.3, -0.25) is 9.59 Å². The van der Waals surface area contributed by atoms with Crippen molar-refractivity contribution in [1.29, 1.82) is 0 Å². The molecular formula is C18H26N2O3. The first-order chi connectivity index (χ1) is 11.1. The normalized spacial score (nSPS) is 20.8. The van der Waals surface area contributed by atoms with Crippen molar-refractivity contribution in [2.75, 3.05) is 19.8 Å². The van der Waals surface area contributed by atoms with Crippen molar-refractivity contribution >= 4 is 11.8 Å². The van der Waals surface area contributed by atoms with Crippen molar-refractivity contribution in [3.8, 4) is 0 Å². The van der Waals surface area contributed by atoms with Gasteiger partial charge in [-0.05, 0) is 32.3 Å². The Kier molecular flexibility index (Phi) is 6.16. The summed E-state index contributed by atoms with van der Waals surface area (Å²) in [6, 6.07) is 9.79. The molecule has 1 aliphatic rings. The number of carbonyl (C=O) groups excluding carboxylic acids is 2. The number of benzene rings is 1. The fourth-order valence-electron chi connectivity index (χ4n) is 2.87. The van der Waals surface area contributed by atoms with Gasteiger partial charge in [-0.1, -0.05) is 30.3 Å². The minimum absolute atomic E-state index is 0.0424. The van der Waals surface area contributed by atoms with E-state index in [0.717, 1.165) is 12.0 Å². The Balaban J connectivity index is 1.96. The van der Waals surface area contributed by atoms with Gasteiger partial charge in [0.2, 0.25) is 11.8 Å². The van der Waals surface area contributed by atoms with E-state index in [4.69, 9.17) is 4.74 Å². The summed E-state index contributed by atoms with van der Waals surface area (Å²) in [6.07, 6.45) is 1.77. The van der Waals surface area contributed by atoms with Crippen LogP contribution >= 0.6 is 0 Å². The second kappa shape index (κ2) is 8.11. The molecule has 1 heterocycles. The smallest absolute Gasteiger partial charge is 0.245 e. The van der Waals surface area contributed by atoms with Crippen LogP contribution in [0.15, 0.2) is 30.3 Å². The predicted molar refractivity (Wildman–Crippen MR) is 88.8 cm³/mol. The molecule has 5 heteroatoms. The van der Waals surface area contributed by atoms with Gasteiger partial charge in [-0.15, -0.1) is 0 Å². The Bertz CT molecular complexity index is 532. The molecule has 0 aromatic heterocycles. The number of rotatable bonds is 8. The summed E-state index contributed by atoms with van der Waals surface area (Å²) < 4.78 is 5.27. The number of carbonyl (C=O) groups is 2. The molecule has 0 radical (unpaired) electrons. The molecule has 2 rings (SSSR count). The number of likely N-dealkylation sites (tertiary alicyclic amines) is 1. The number of ether oxygens (including phenoxy) is 1. The minimum Gasteiger partial charge on any atom is -0.382 e. The van der Waals surface area contributed by atoms with Gasteiger partial charge in [0.05, 0.1) is 0 Å². The lowest BCUT2D eigenvalue weighted by molar-refractivity contribution is -0.141. The Morgan fingerprint density at radius 3 is 2.78 bits per heavy atom. The van der Waals surface area contributed by atoms with Gasteiger partial charge in [0.25, 0.3) is 0 Å². The van der Waals surface area contributed by atoms with Gasteiger partial charge in [0.1, 0.15) is 5.54 Å². The van der Waals surface area contributed by atoms with Gasteiger partial charge in [-0.25, -0.2) is 0 Å². The third-order valence-corrected chi connectivity index (χ3v) is 4.35. The second-order valence-electron chi connectivity index (χ2n) is 6.05. The molecule has 126 valence electrons. The van der Waals surface area contributed by atoms with Crippen molar-refractivity contribution in [2.45, 2.75) is 45.2 Å². The van der Waals surface area contributed by atoms with Gasteiger partial charge in [-0.2, -0.15) is 0 Å². The van der Waals surface area contributed by atoms with Crippen molar-refractivity contribution in [1.82, 2.24) is 10.2 Å². The van der Waals surface area contributed by atoms with Crippen LogP contribution < -0.4 is 5.32 Å². The maximum Gasteiger partial charge on any atom is 0.245 e. The zero-order chi connectivity index (χ0) is 16.7. The van der Waals surface area contributed by atoms with Crippen molar-refractivity contribution in [2.24, 2.45) is 0 Å². The van der Waals surface area contributed by atoms with Crippen LogP contribution in [0.2, 0.25) is 0 Å². The number of hydrogen-bond acceptors (Lipinski definition) is 3. The maximum atomic E-state index is 12.6. The second-order valence-corrected chi connectivity index (χ2v) is 6.05. The molecule has 2 amide bonds. The zero-order valence-electron chi connectivity index (χ0n) is 14.0. The highest BCUT2D eigenvalue weighted by atomic mass is 16.5. The number of nitrogens with zero attached hydrogens (tertiary/aromatic N) is 1. The summed E-state index contributed by atoms with van der Waals surface area (Å²) >= 11 is 0. The lowest BCUT2D eigenvalue weighted by Gasteiger charge is -2.34. The zero-order valence-corrected chi connectivity index (χ0v) is 14.0. The summed E-state index contributed by atoms with van der Waals surface area (Å²) in [5, 5.41) is 2.95. The monoisotopic (exact) mass is 318 g/mol. The molecule has 1 unspecified atom stereocenters. The molecule has 23 heavy (non-hydrogen) atoms. The quantitative estimate of drug-likeness (QED) is 0.747. The molecule has 0 spiro atoms. The van der Waals surface area contributed by atoms with Gasteiger partial charge in [0.15, 0.2) is 0 Å². The molecule has 1 N–H and O–H groups in total. The van der Waals surface area contributed by atoms with Crippen molar-refractivity contribution < 1.29 is 14.3 Å². The van der Waals surface area contributed by atoms with E-state index in [0.29, 0.717) is 39.1 Å². The van der Waals surface area contributed by atoms with E-state index >= 15 is 0 Å².